The van der Waals surface area contributed by atoms with Crippen LogP contribution in [-0.2, 0) is 49.6 Å². The zero-order valence-electron chi connectivity index (χ0n) is 44.5. The Labute approximate surface area is 436 Å². The fourth-order valence-corrected chi connectivity index (χ4v) is 9.81. The predicted molar refractivity (Wildman–Crippen MR) is 279 cm³/mol. The summed E-state index contributed by atoms with van der Waals surface area (Å²) in [5, 5.41) is 40.1. The Morgan fingerprint density at radius 3 is 1.99 bits per heavy atom. The number of likely N-dealkylation sites (N-methyl/N-ethyl adjacent to an activating group) is 2. The van der Waals surface area contributed by atoms with E-state index in [1.54, 1.807) is 0 Å². The molecule has 4 bridgehead atoms. The molecule has 6 atom stereocenters. The Balaban J connectivity index is 1.38. The molecule has 6 N–H and O–H groups in total. The van der Waals surface area contributed by atoms with Crippen LogP contribution in [-0.4, -0.2) is 141 Å². The summed E-state index contributed by atoms with van der Waals surface area (Å²) >= 11 is 0. The summed E-state index contributed by atoms with van der Waals surface area (Å²) in [6.07, 6.45) is 15.2. The van der Waals surface area contributed by atoms with Crippen LogP contribution in [0.5, 0.6) is 11.5 Å². The molecular formula is C56H82N6O12. The minimum Gasteiger partial charge on any atom is -0.507 e. The number of carbonyl (C=O) groups excluding carboxylic acids is 9. The van der Waals surface area contributed by atoms with E-state index < -0.39 is 103 Å². The third-order valence-electron chi connectivity index (χ3n) is 14.5. The molecule has 0 saturated carbocycles. The second-order valence-corrected chi connectivity index (χ2v) is 20.3. The molecule has 2 aromatic carbocycles. The third-order valence-corrected chi connectivity index (χ3v) is 14.5. The highest BCUT2D eigenvalue weighted by atomic mass is 16.3. The third kappa shape index (κ3) is 17.8. The Morgan fingerprint density at radius 1 is 0.784 bits per heavy atom. The Morgan fingerprint density at radius 2 is 1.38 bits per heavy atom. The molecule has 408 valence electrons. The van der Waals surface area contributed by atoms with Crippen molar-refractivity contribution in [3.63, 3.8) is 0 Å². The van der Waals surface area contributed by atoms with Crippen molar-refractivity contribution in [3.05, 3.63) is 47.5 Å². The molecule has 2 heterocycles. The largest absolute Gasteiger partial charge is 0.507 e. The van der Waals surface area contributed by atoms with E-state index in [0.717, 1.165) is 24.2 Å². The van der Waals surface area contributed by atoms with Gasteiger partial charge in [0, 0.05) is 69.8 Å². The maximum Gasteiger partial charge on any atom is 0.245 e. The lowest BCUT2D eigenvalue weighted by Gasteiger charge is -2.30. The highest BCUT2D eigenvalue weighted by molar-refractivity contribution is 5.98. The molecule has 74 heavy (non-hydrogen) atoms. The van der Waals surface area contributed by atoms with Crippen LogP contribution in [0.1, 0.15) is 167 Å². The number of nitrogens with one attached hydrogen (secondary N) is 3. The standard InChI is InChI=1S/C56H82N6O12/c1-7-8-9-10-11-12-13-14-15-16-17-18-19-22-50(69)60(5)45(35-63)56(74)58-37(3)46(65)27-28-51(70)61(6)53-40-24-26-48(67)42(33-40)41-31-39(23-25-47(41)66)32-43(59-54(72)36(2)30-49(53)68)55(73)57-34-52(71)62-29-20-21-44(62)38(4)64/h23-26,31,33,36-37,43-45,53,63,66-67H,7-22,27-30,32,34-35H2,1-6H3,(H,57,73)(H,58,74)(H,59,72)/t36-,37-,43+,44?,45-,53+/m1/s1. The molecule has 0 radical (unpaired) electrons. The van der Waals surface area contributed by atoms with Crippen LogP contribution in [0.25, 0.3) is 11.1 Å². The maximum atomic E-state index is 14.4. The number of nitrogens with zero attached hydrogens (tertiary/aromatic N) is 3. The molecule has 0 aliphatic carbocycles. The SMILES string of the molecule is CCCCCCCCCCCCCCCC(=O)N(C)[C@H](CO)C(=O)N[C@H](C)C(=O)CCC(=O)N(C)[C@@H]1C(=O)C[C@@H](C)C(=O)N[C@H](C(=O)NCC(=O)N2CCCC2C(C)=O)Cc2ccc(O)c(c2)-c2cc1ccc2O. The molecule has 2 aromatic rings. The smallest absolute Gasteiger partial charge is 0.245 e. The first-order valence-corrected chi connectivity index (χ1v) is 26.8. The number of rotatable bonds is 27. The number of Topliss-reactive ketones (excluding diaryl/α,β-unsaturated/α-hetero) is 3. The van der Waals surface area contributed by atoms with E-state index in [0.29, 0.717) is 31.4 Å². The fraction of sp³-hybridized carbons (Fsp3) is 0.625. The molecule has 4 rings (SSSR count). The average Bonchev–Trinajstić information content (AvgIpc) is 3.88. The Hall–Kier alpha value is -6.17. The quantitative estimate of drug-likeness (QED) is 0.0585. The van der Waals surface area contributed by atoms with Crippen molar-refractivity contribution in [1.82, 2.24) is 30.7 Å². The Kier molecular flexibility index (Phi) is 24.7. The Bertz CT molecular complexity index is 2290. The van der Waals surface area contributed by atoms with Crippen molar-refractivity contribution >= 4 is 52.8 Å². The number of aliphatic hydroxyl groups is 1. The number of hydrogen-bond acceptors (Lipinski definition) is 12. The zero-order valence-corrected chi connectivity index (χ0v) is 44.5. The molecule has 2 aliphatic heterocycles. The molecule has 1 fully saturated rings. The number of aliphatic hydroxyl groups excluding tert-OH is 1. The number of amides is 6. The van der Waals surface area contributed by atoms with Crippen LogP contribution in [0.2, 0.25) is 0 Å². The first-order valence-electron chi connectivity index (χ1n) is 26.8. The number of benzene rings is 2. The van der Waals surface area contributed by atoms with Crippen LogP contribution in [0.4, 0.5) is 0 Å². The maximum absolute atomic E-state index is 14.4. The monoisotopic (exact) mass is 1030 g/mol. The van der Waals surface area contributed by atoms with Gasteiger partial charge in [-0.25, -0.2) is 0 Å². The lowest BCUT2D eigenvalue weighted by Crippen LogP contribution is -2.53. The van der Waals surface area contributed by atoms with Gasteiger partial charge in [-0.15, -0.1) is 0 Å². The molecule has 1 saturated heterocycles. The number of aromatic hydroxyl groups is 2. The molecule has 0 spiro atoms. The van der Waals surface area contributed by atoms with Crippen molar-refractivity contribution in [2.24, 2.45) is 5.92 Å². The van der Waals surface area contributed by atoms with Gasteiger partial charge in [-0.3, -0.25) is 43.2 Å². The van der Waals surface area contributed by atoms with E-state index in [1.165, 1.54) is 139 Å². The summed E-state index contributed by atoms with van der Waals surface area (Å²) in [5.74, 6) is -6.38. The van der Waals surface area contributed by atoms with Crippen LogP contribution in [0.3, 0.4) is 0 Å². The van der Waals surface area contributed by atoms with Crippen molar-refractivity contribution in [1.29, 1.82) is 0 Å². The van der Waals surface area contributed by atoms with Crippen molar-refractivity contribution in [3.8, 4) is 22.6 Å². The van der Waals surface area contributed by atoms with Crippen LogP contribution in [0, 0.1) is 5.92 Å². The van der Waals surface area contributed by atoms with Crippen LogP contribution in [0.15, 0.2) is 36.4 Å². The van der Waals surface area contributed by atoms with Gasteiger partial charge in [0.25, 0.3) is 0 Å². The zero-order chi connectivity index (χ0) is 54.5. The molecule has 18 heteroatoms. The van der Waals surface area contributed by atoms with E-state index in [2.05, 4.69) is 22.9 Å². The van der Waals surface area contributed by atoms with E-state index in [1.807, 2.05) is 0 Å². The minimum absolute atomic E-state index is 0.0970. The first-order chi connectivity index (χ1) is 35.3. The van der Waals surface area contributed by atoms with Crippen molar-refractivity contribution in [2.45, 2.75) is 186 Å². The van der Waals surface area contributed by atoms with Gasteiger partial charge in [-0.05, 0) is 68.5 Å². The fourth-order valence-electron chi connectivity index (χ4n) is 9.81. The number of likely N-dealkylation sites (tertiary alicyclic amines) is 1. The van der Waals surface area contributed by atoms with Gasteiger partial charge in [0.2, 0.25) is 35.4 Å². The van der Waals surface area contributed by atoms with Gasteiger partial charge in [-0.1, -0.05) is 103 Å². The summed E-state index contributed by atoms with van der Waals surface area (Å²) in [5.41, 5.74) is 0.903. The van der Waals surface area contributed by atoms with Gasteiger partial charge in [0.1, 0.15) is 29.6 Å². The topological polar surface area (TPSA) is 260 Å². The molecular weight excluding hydrogens is 949 g/mol. The summed E-state index contributed by atoms with van der Waals surface area (Å²) in [6.45, 7) is 5.80. The average molecular weight is 1030 g/mol. The van der Waals surface area contributed by atoms with Gasteiger partial charge in [0.05, 0.1) is 25.2 Å². The van der Waals surface area contributed by atoms with E-state index in [-0.39, 0.29) is 59.1 Å². The van der Waals surface area contributed by atoms with E-state index in [4.69, 9.17) is 0 Å². The molecule has 1 unspecified atom stereocenters. The lowest BCUT2D eigenvalue weighted by atomic mass is 9.89. The number of phenols is 2. The second kappa shape index (κ2) is 30.3. The summed E-state index contributed by atoms with van der Waals surface area (Å²) in [7, 11) is 2.80. The van der Waals surface area contributed by atoms with E-state index in [9.17, 15) is 58.5 Å². The molecule has 2 aliphatic rings. The van der Waals surface area contributed by atoms with Gasteiger partial charge < -0.3 is 46.0 Å². The molecule has 0 aromatic heterocycles. The minimum atomic E-state index is -1.36. The molecule has 18 nitrogen and oxygen atoms in total. The number of carbonyl (C=O) groups is 9. The van der Waals surface area contributed by atoms with Crippen molar-refractivity contribution in [2.75, 3.05) is 33.8 Å². The highest BCUT2D eigenvalue weighted by Gasteiger charge is 2.36. The predicted octanol–water partition coefficient (Wildman–Crippen LogP) is 5.75. The first kappa shape index (κ1) is 60.4. The summed E-state index contributed by atoms with van der Waals surface area (Å²) < 4.78 is 0. The van der Waals surface area contributed by atoms with Crippen LogP contribution < -0.4 is 16.0 Å². The second-order valence-electron chi connectivity index (χ2n) is 20.3. The van der Waals surface area contributed by atoms with Crippen LogP contribution >= 0.6 is 0 Å². The number of ketones is 3. The normalized spacial score (nSPS) is 18.6. The van der Waals surface area contributed by atoms with Gasteiger partial charge >= 0.3 is 0 Å². The van der Waals surface area contributed by atoms with Gasteiger partial charge in [-0.2, -0.15) is 0 Å². The number of phenolic OH excluding ortho intramolecular Hbond substituents is 2. The summed E-state index contributed by atoms with van der Waals surface area (Å²) in [6, 6.07) is 3.04. The van der Waals surface area contributed by atoms with Gasteiger partial charge in [0.15, 0.2) is 17.3 Å². The highest BCUT2D eigenvalue weighted by Crippen LogP contribution is 2.39. The van der Waals surface area contributed by atoms with Crippen molar-refractivity contribution < 1.29 is 58.5 Å². The van der Waals surface area contributed by atoms with E-state index >= 15 is 0 Å². The number of hydrogen-bond donors (Lipinski definition) is 6. The molecule has 6 amide bonds. The number of fused-ring (bicyclic) bond motifs is 5. The summed E-state index contributed by atoms with van der Waals surface area (Å²) in [4.78, 5) is 124. The number of unbranched alkanes of at least 4 members (excludes halogenated alkanes) is 12. The lowest BCUT2D eigenvalue weighted by molar-refractivity contribution is -0.142.